The van der Waals surface area contributed by atoms with Crippen molar-refractivity contribution in [2.24, 2.45) is 17.6 Å². The number of aliphatic carboxylic acids is 2. The Morgan fingerprint density at radius 2 is 2.03 bits per heavy atom. The van der Waals surface area contributed by atoms with E-state index < -0.39 is 41.7 Å². The Morgan fingerprint density at radius 1 is 1.28 bits per heavy atom. The number of aliphatic hydroxyl groups is 1. The minimum atomic E-state index is -1.24. The number of carbonyl (C=O) groups excluding carboxylic acids is 2. The Hall–Kier alpha value is -3.59. The van der Waals surface area contributed by atoms with Crippen molar-refractivity contribution in [3.63, 3.8) is 0 Å². The molecule has 0 spiro atoms. The van der Waals surface area contributed by atoms with E-state index in [0.29, 0.717) is 32.5 Å². The van der Waals surface area contributed by atoms with E-state index in [4.69, 9.17) is 5.73 Å². The first kappa shape index (κ1) is 27.0. The number of amides is 1. The van der Waals surface area contributed by atoms with E-state index in [2.05, 4.69) is 4.98 Å². The summed E-state index contributed by atoms with van der Waals surface area (Å²) >= 11 is 2.59. The number of carboxylic acid groups (broad SMARTS) is 2. The van der Waals surface area contributed by atoms with Gasteiger partial charge in [0, 0.05) is 30.0 Å². The van der Waals surface area contributed by atoms with Gasteiger partial charge in [-0.3, -0.25) is 14.0 Å². The first-order valence-corrected chi connectivity index (χ1v) is 13.9. The lowest BCUT2D eigenvalue weighted by Gasteiger charge is -2.46. The molecule has 0 aliphatic carbocycles. The molecule has 0 aromatic carbocycles. The third kappa shape index (κ3) is 4.52. The van der Waals surface area contributed by atoms with Crippen molar-refractivity contribution in [2.75, 3.05) is 12.3 Å². The predicted molar refractivity (Wildman–Crippen MR) is 140 cm³/mol. The van der Waals surface area contributed by atoms with E-state index in [1.807, 2.05) is 6.92 Å². The molecule has 4 atom stereocenters. The molecule has 39 heavy (non-hydrogen) atoms. The summed E-state index contributed by atoms with van der Waals surface area (Å²) < 4.78 is 3.06. The number of hydrogen-bond donors (Lipinski definition) is 4. The van der Waals surface area contributed by atoms with E-state index in [1.54, 1.807) is 22.9 Å². The monoisotopic (exact) mass is 572 g/mol. The van der Waals surface area contributed by atoms with Gasteiger partial charge in [-0.25, -0.2) is 14.6 Å². The maximum Gasteiger partial charge on any atom is 0.370 e. The molecule has 3 aromatic heterocycles. The molecule has 14 heteroatoms. The molecule has 0 radical (unpaired) electrons. The van der Waals surface area contributed by atoms with Crippen molar-refractivity contribution < 1.29 is 39.1 Å². The SMILES string of the molecule is C[C@@H](O)[C@H]1C(=O)N2C(C(=O)O)=C(c3cn4cnc(C(=O)c5cc(SCCN)c[n+](CC(=O)O)c5)c4s3)[C@H](C)[C@H]12. The molecule has 1 saturated heterocycles. The average Bonchev–Trinajstić information content (AvgIpc) is 3.51. The zero-order valence-electron chi connectivity index (χ0n) is 21.0. The van der Waals surface area contributed by atoms with E-state index in [1.165, 1.54) is 52.0 Å². The summed E-state index contributed by atoms with van der Waals surface area (Å²) in [6.45, 7) is 3.44. The first-order chi connectivity index (χ1) is 18.5. The van der Waals surface area contributed by atoms with E-state index in [0.717, 1.165) is 0 Å². The number of aromatic nitrogens is 3. The molecule has 2 aliphatic heterocycles. The number of ketones is 1. The van der Waals surface area contributed by atoms with Crippen LogP contribution in [0.25, 0.3) is 10.4 Å². The number of nitrogens with zero attached hydrogens (tertiary/aromatic N) is 4. The van der Waals surface area contributed by atoms with E-state index in [9.17, 15) is 34.5 Å². The van der Waals surface area contributed by atoms with Crippen molar-refractivity contribution in [3.8, 4) is 0 Å². The zero-order valence-corrected chi connectivity index (χ0v) is 22.6. The minimum absolute atomic E-state index is 0.112. The fourth-order valence-electron chi connectivity index (χ4n) is 5.34. The number of hydrogen-bond acceptors (Lipinski definition) is 9. The summed E-state index contributed by atoms with van der Waals surface area (Å²) in [6, 6.07) is 1.20. The third-order valence-electron chi connectivity index (χ3n) is 6.93. The summed E-state index contributed by atoms with van der Waals surface area (Å²) in [6.07, 6.45) is 5.33. The summed E-state index contributed by atoms with van der Waals surface area (Å²) in [4.78, 5) is 57.1. The lowest BCUT2D eigenvalue weighted by Crippen LogP contribution is -2.63. The van der Waals surface area contributed by atoms with Crippen LogP contribution in [0, 0.1) is 11.8 Å². The maximum absolute atomic E-state index is 13.6. The van der Waals surface area contributed by atoms with Crippen molar-refractivity contribution in [3.05, 3.63) is 52.8 Å². The van der Waals surface area contributed by atoms with Gasteiger partial charge in [0.05, 0.1) is 33.4 Å². The smallest absolute Gasteiger partial charge is 0.370 e. The lowest BCUT2D eigenvalue weighted by molar-refractivity contribution is -0.687. The Bertz CT molecular complexity index is 1560. The molecule has 0 unspecified atom stereocenters. The molecule has 5 N–H and O–H groups in total. The Balaban J connectivity index is 1.54. The highest BCUT2D eigenvalue weighted by Gasteiger charge is 2.60. The van der Waals surface area contributed by atoms with Gasteiger partial charge >= 0.3 is 11.9 Å². The number of nitrogens with two attached hydrogens (primary N) is 1. The van der Waals surface area contributed by atoms with Crippen LogP contribution in [-0.2, 0) is 20.9 Å². The van der Waals surface area contributed by atoms with Crippen molar-refractivity contribution in [2.45, 2.75) is 37.4 Å². The number of rotatable bonds is 10. The molecule has 5 heterocycles. The van der Waals surface area contributed by atoms with Gasteiger partial charge in [-0.05, 0) is 13.0 Å². The summed E-state index contributed by atoms with van der Waals surface area (Å²) in [5.74, 6) is -3.57. The number of thiazole rings is 1. The topological polar surface area (TPSA) is 179 Å². The van der Waals surface area contributed by atoms with Gasteiger partial charge in [0.15, 0.2) is 12.4 Å². The van der Waals surface area contributed by atoms with E-state index >= 15 is 0 Å². The molecule has 204 valence electrons. The standard InChI is InChI=1S/C25H25N5O7S2/c1-11-17(21(25(36)37)30-20(11)18(12(2)31)23(30)35)15-8-29-10-27-19(24(29)39-15)22(34)13-5-14(38-4-3-26)7-28(6-13)9-16(32)33/h5-8,10-12,18,20,31H,3-4,9,26H2,1-2H3,(H-,32,33,36,37)/p+1/t11-,12+,18+,20+/m0/s1. The Kier molecular flexibility index (Phi) is 7.05. The maximum atomic E-state index is 13.6. The van der Waals surface area contributed by atoms with Gasteiger partial charge in [-0.1, -0.05) is 6.92 Å². The zero-order chi connectivity index (χ0) is 28.2. The second-order valence-corrected chi connectivity index (χ2v) is 11.7. The normalized spacial score (nSPS) is 21.3. The largest absolute Gasteiger partial charge is 0.477 e. The van der Waals surface area contributed by atoms with Gasteiger partial charge in [-0.15, -0.1) is 23.1 Å². The van der Waals surface area contributed by atoms with Gasteiger partial charge in [0.1, 0.15) is 22.5 Å². The highest BCUT2D eigenvalue weighted by Crippen LogP contribution is 2.51. The van der Waals surface area contributed by atoms with Crippen LogP contribution in [0.4, 0.5) is 0 Å². The van der Waals surface area contributed by atoms with Crippen LogP contribution in [0.2, 0.25) is 0 Å². The molecule has 1 amide bonds. The molecule has 1 fully saturated rings. The average molecular weight is 573 g/mol. The van der Waals surface area contributed by atoms with Crippen LogP contribution in [0.5, 0.6) is 0 Å². The number of pyridine rings is 1. The number of thioether (sulfide) groups is 1. The summed E-state index contributed by atoms with van der Waals surface area (Å²) in [7, 11) is 0. The summed E-state index contributed by atoms with van der Waals surface area (Å²) in [5, 5.41) is 29.3. The number of aliphatic hydroxyl groups excluding tert-OH is 1. The van der Waals surface area contributed by atoms with Gasteiger partial charge in [0.25, 0.3) is 0 Å². The van der Waals surface area contributed by atoms with Crippen LogP contribution >= 0.6 is 23.1 Å². The second kappa shape index (κ2) is 10.2. The lowest BCUT2D eigenvalue weighted by atomic mass is 9.77. The van der Waals surface area contributed by atoms with Crippen LogP contribution in [0.3, 0.4) is 0 Å². The number of fused-ring (bicyclic) bond motifs is 2. The van der Waals surface area contributed by atoms with Crippen molar-refractivity contribution in [1.29, 1.82) is 0 Å². The molecule has 5 rings (SSSR count). The van der Waals surface area contributed by atoms with E-state index in [-0.39, 0.29) is 29.4 Å². The minimum Gasteiger partial charge on any atom is -0.477 e. The highest BCUT2D eigenvalue weighted by atomic mass is 32.2. The van der Waals surface area contributed by atoms with Crippen LogP contribution in [-0.4, -0.2) is 77.7 Å². The number of β-lactam (4-membered cyclic amide) rings is 1. The Morgan fingerprint density at radius 3 is 2.67 bits per heavy atom. The number of carbonyl (C=O) groups is 4. The molecule has 0 bridgehead atoms. The summed E-state index contributed by atoms with van der Waals surface area (Å²) in [5.41, 5.74) is 6.35. The number of imidazole rings is 1. The molecule has 3 aromatic rings. The fraction of sp³-hybridized carbons (Fsp3) is 0.360. The Labute approximate surface area is 230 Å². The molecule has 0 saturated carbocycles. The van der Waals surface area contributed by atoms with Crippen LogP contribution in [0.1, 0.15) is 34.8 Å². The predicted octanol–water partition coefficient (Wildman–Crippen LogP) is 0.703. The van der Waals surface area contributed by atoms with Crippen molar-refractivity contribution >= 4 is 57.1 Å². The van der Waals surface area contributed by atoms with Gasteiger partial charge in [0.2, 0.25) is 18.2 Å². The van der Waals surface area contributed by atoms with Gasteiger partial charge < -0.3 is 26.0 Å². The quantitative estimate of drug-likeness (QED) is 0.117. The fourth-order valence-corrected chi connectivity index (χ4v) is 7.33. The first-order valence-electron chi connectivity index (χ1n) is 12.1. The van der Waals surface area contributed by atoms with Crippen molar-refractivity contribution in [1.82, 2.24) is 14.3 Å². The molecular formula is C25H26N5O7S2+. The number of carboxylic acids is 2. The molecule has 12 nitrogen and oxygen atoms in total. The molecular weight excluding hydrogens is 546 g/mol. The van der Waals surface area contributed by atoms with Gasteiger partial charge in [-0.2, -0.15) is 4.57 Å². The van der Waals surface area contributed by atoms with Crippen LogP contribution in [0.15, 0.2) is 41.6 Å². The second-order valence-electron chi connectivity index (χ2n) is 9.51. The third-order valence-corrected chi connectivity index (χ3v) is 9.07. The molecule has 2 aliphatic rings. The highest BCUT2D eigenvalue weighted by molar-refractivity contribution is 7.99. The van der Waals surface area contributed by atoms with Crippen LogP contribution < -0.4 is 10.3 Å².